The van der Waals surface area contributed by atoms with Gasteiger partial charge in [-0.1, -0.05) is 23.5 Å². The van der Waals surface area contributed by atoms with Gasteiger partial charge in [0.15, 0.2) is 5.13 Å². The number of anilines is 1. The molecule has 3 aromatic rings. The van der Waals surface area contributed by atoms with E-state index in [0.29, 0.717) is 28.7 Å². The van der Waals surface area contributed by atoms with Crippen molar-refractivity contribution in [3.63, 3.8) is 0 Å². The zero-order valence-corrected chi connectivity index (χ0v) is 18.1. The molecule has 1 amide bonds. The minimum atomic E-state index is -3.53. The quantitative estimate of drug-likeness (QED) is 0.601. The van der Waals surface area contributed by atoms with Crippen molar-refractivity contribution in [3.05, 3.63) is 40.2 Å². The fourth-order valence-corrected chi connectivity index (χ4v) is 7.24. The van der Waals surface area contributed by atoms with E-state index in [1.54, 1.807) is 17.5 Å². The normalized spacial score (nSPS) is 18.6. The molecule has 0 bridgehead atoms. The van der Waals surface area contributed by atoms with Crippen LogP contribution in [-0.4, -0.2) is 36.7 Å². The Balaban J connectivity index is 1.49. The van der Waals surface area contributed by atoms with E-state index in [2.05, 4.69) is 26.2 Å². The van der Waals surface area contributed by atoms with Gasteiger partial charge >= 0.3 is 0 Å². The number of nitrogens with one attached hydrogen (secondary N) is 1. The number of amides is 1. The molecule has 142 valence electrons. The molecule has 1 aliphatic heterocycles. The standard InChI is InChI=1S/C17H16BrN3O3S3/c18-12-5-1-6-13-15(12)19-17(26-13)20-16(22)11-4-2-8-21(10-11)27(23,24)14-7-3-9-25-14/h1,3,5-7,9,11H,2,4,8,10H2,(H,19,20,22). The fourth-order valence-electron chi connectivity index (χ4n) is 3.09. The zero-order valence-electron chi connectivity index (χ0n) is 14.1. The summed E-state index contributed by atoms with van der Waals surface area (Å²) in [6.45, 7) is 0.638. The van der Waals surface area contributed by atoms with Gasteiger partial charge in [0, 0.05) is 17.6 Å². The van der Waals surface area contributed by atoms with Crippen molar-refractivity contribution in [2.75, 3.05) is 18.4 Å². The number of piperidine rings is 1. The fraction of sp³-hybridized carbons (Fsp3) is 0.294. The van der Waals surface area contributed by atoms with Gasteiger partial charge in [0.1, 0.15) is 4.21 Å². The molecule has 2 aromatic heterocycles. The highest BCUT2D eigenvalue weighted by molar-refractivity contribution is 9.10. The minimum absolute atomic E-state index is 0.184. The summed E-state index contributed by atoms with van der Waals surface area (Å²) in [6, 6.07) is 9.09. The highest BCUT2D eigenvalue weighted by Crippen LogP contribution is 2.32. The number of carbonyl (C=O) groups excluding carboxylic acids is 1. The molecule has 27 heavy (non-hydrogen) atoms. The molecule has 0 spiro atoms. The maximum atomic E-state index is 12.7. The number of nitrogens with zero attached hydrogens (tertiary/aromatic N) is 2. The van der Waals surface area contributed by atoms with E-state index in [1.807, 2.05) is 18.2 Å². The molecular formula is C17H16BrN3O3S3. The van der Waals surface area contributed by atoms with Crippen LogP contribution < -0.4 is 5.32 Å². The van der Waals surface area contributed by atoms with Gasteiger partial charge in [0.05, 0.1) is 16.1 Å². The van der Waals surface area contributed by atoms with E-state index in [-0.39, 0.29) is 18.4 Å². The lowest BCUT2D eigenvalue weighted by Crippen LogP contribution is -2.43. The second-order valence-electron chi connectivity index (χ2n) is 6.23. The molecule has 10 heteroatoms. The Morgan fingerprint density at radius 2 is 2.15 bits per heavy atom. The first-order chi connectivity index (χ1) is 12.9. The summed E-state index contributed by atoms with van der Waals surface area (Å²) in [5.74, 6) is -0.569. The van der Waals surface area contributed by atoms with Crippen LogP contribution >= 0.6 is 38.6 Å². The Bertz CT molecular complexity index is 1080. The van der Waals surface area contributed by atoms with Crippen molar-refractivity contribution < 1.29 is 13.2 Å². The van der Waals surface area contributed by atoms with Crippen LogP contribution in [0.3, 0.4) is 0 Å². The van der Waals surface area contributed by atoms with Crippen molar-refractivity contribution in [1.82, 2.24) is 9.29 Å². The summed E-state index contributed by atoms with van der Waals surface area (Å²) in [7, 11) is -3.53. The number of aromatic nitrogens is 1. The SMILES string of the molecule is O=C(Nc1nc2c(Br)cccc2s1)C1CCCN(S(=O)(=O)c2cccs2)C1. The molecule has 0 aliphatic carbocycles. The van der Waals surface area contributed by atoms with Gasteiger partial charge in [-0.15, -0.1) is 11.3 Å². The minimum Gasteiger partial charge on any atom is -0.302 e. The molecule has 1 saturated heterocycles. The van der Waals surface area contributed by atoms with Crippen LogP contribution in [0.25, 0.3) is 10.2 Å². The summed E-state index contributed by atoms with van der Waals surface area (Å²) in [6.07, 6.45) is 1.32. The maximum Gasteiger partial charge on any atom is 0.252 e. The number of sulfonamides is 1. The largest absolute Gasteiger partial charge is 0.302 e. The number of para-hydroxylation sites is 1. The molecule has 1 unspecified atom stereocenters. The van der Waals surface area contributed by atoms with Crippen LogP contribution in [0.2, 0.25) is 0 Å². The van der Waals surface area contributed by atoms with Crippen LogP contribution in [0.4, 0.5) is 5.13 Å². The molecule has 1 aliphatic rings. The van der Waals surface area contributed by atoms with Gasteiger partial charge < -0.3 is 5.32 Å². The molecule has 0 saturated carbocycles. The summed E-state index contributed by atoms with van der Waals surface area (Å²) in [4.78, 5) is 17.2. The van der Waals surface area contributed by atoms with Crippen LogP contribution in [0.1, 0.15) is 12.8 Å². The second-order valence-corrected chi connectivity index (χ2v) is 11.2. The lowest BCUT2D eigenvalue weighted by atomic mass is 9.99. The van der Waals surface area contributed by atoms with E-state index >= 15 is 0 Å². The zero-order chi connectivity index (χ0) is 19.0. The predicted octanol–water partition coefficient (Wildman–Crippen LogP) is 4.16. The lowest BCUT2D eigenvalue weighted by molar-refractivity contribution is -0.120. The number of thiazole rings is 1. The average Bonchev–Trinajstić information content (AvgIpc) is 3.32. The highest BCUT2D eigenvalue weighted by atomic mass is 79.9. The third kappa shape index (κ3) is 3.81. The van der Waals surface area contributed by atoms with Gasteiger partial charge in [-0.25, -0.2) is 13.4 Å². The van der Waals surface area contributed by atoms with Crippen molar-refractivity contribution in [3.8, 4) is 0 Å². The number of hydrogen-bond donors (Lipinski definition) is 1. The Hall–Kier alpha value is -1.33. The van der Waals surface area contributed by atoms with Crippen LogP contribution in [-0.2, 0) is 14.8 Å². The monoisotopic (exact) mass is 485 g/mol. The van der Waals surface area contributed by atoms with Crippen LogP contribution in [0.15, 0.2) is 44.4 Å². The number of benzene rings is 1. The Labute approximate surface area is 173 Å². The first-order valence-corrected chi connectivity index (χ1v) is 12.3. The smallest absolute Gasteiger partial charge is 0.252 e. The van der Waals surface area contributed by atoms with E-state index in [4.69, 9.17) is 0 Å². The van der Waals surface area contributed by atoms with E-state index in [1.165, 1.54) is 27.0 Å². The van der Waals surface area contributed by atoms with Crippen molar-refractivity contribution in [2.45, 2.75) is 17.1 Å². The summed E-state index contributed by atoms with van der Waals surface area (Å²) in [5.41, 5.74) is 0.809. The van der Waals surface area contributed by atoms with Gasteiger partial charge in [-0.05, 0) is 52.4 Å². The van der Waals surface area contributed by atoms with E-state index < -0.39 is 10.0 Å². The van der Waals surface area contributed by atoms with E-state index in [0.717, 1.165) is 14.7 Å². The number of fused-ring (bicyclic) bond motifs is 1. The number of carbonyl (C=O) groups is 1. The van der Waals surface area contributed by atoms with Gasteiger partial charge in [-0.2, -0.15) is 4.31 Å². The molecule has 0 radical (unpaired) electrons. The van der Waals surface area contributed by atoms with Crippen LogP contribution in [0.5, 0.6) is 0 Å². The highest BCUT2D eigenvalue weighted by Gasteiger charge is 2.34. The topological polar surface area (TPSA) is 79.4 Å². The molecular weight excluding hydrogens is 470 g/mol. The number of rotatable bonds is 4. The third-order valence-corrected chi connectivity index (χ3v) is 9.26. The molecule has 1 aromatic carbocycles. The molecule has 1 N–H and O–H groups in total. The third-order valence-electron chi connectivity index (χ3n) is 4.44. The van der Waals surface area contributed by atoms with Crippen molar-refractivity contribution in [2.24, 2.45) is 5.92 Å². The first kappa shape index (κ1) is 19.0. The summed E-state index contributed by atoms with van der Waals surface area (Å²) in [5, 5.41) is 5.13. The van der Waals surface area contributed by atoms with Crippen LogP contribution in [0, 0.1) is 5.92 Å². The molecule has 1 atom stereocenters. The molecule has 3 heterocycles. The summed E-state index contributed by atoms with van der Waals surface area (Å²) >= 11 is 6.06. The van der Waals surface area contributed by atoms with Crippen molar-refractivity contribution in [1.29, 1.82) is 0 Å². The predicted molar refractivity (Wildman–Crippen MR) is 112 cm³/mol. The summed E-state index contributed by atoms with van der Waals surface area (Å²) < 4.78 is 29.0. The average molecular weight is 486 g/mol. The van der Waals surface area contributed by atoms with Gasteiger partial charge in [0.2, 0.25) is 5.91 Å². The maximum absolute atomic E-state index is 12.7. The molecule has 6 nitrogen and oxygen atoms in total. The Kier molecular flexibility index (Phi) is 5.34. The Morgan fingerprint density at radius 1 is 1.30 bits per heavy atom. The number of thiophene rings is 1. The van der Waals surface area contributed by atoms with E-state index in [9.17, 15) is 13.2 Å². The lowest BCUT2D eigenvalue weighted by Gasteiger charge is -2.30. The van der Waals surface area contributed by atoms with Crippen molar-refractivity contribution >= 4 is 69.9 Å². The Morgan fingerprint density at radius 3 is 2.89 bits per heavy atom. The number of hydrogen-bond acceptors (Lipinski definition) is 6. The van der Waals surface area contributed by atoms with Gasteiger partial charge in [0.25, 0.3) is 10.0 Å². The second kappa shape index (κ2) is 7.59. The number of halogens is 1. The van der Waals surface area contributed by atoms with Gasteiger partial charge in [-0.3, -0.25) is 4.79 Å². The first-order valence-electron chi connectivity index (χ1n) is 8.35. The molecule has 4 rings (SSSR count). The molecule has 1 fully saturated rings.